The Labute approximate surface area is 116 Å². The summed E-state index contributed by atoms with van der Waals surface area (Å²) in [7, 11) is 0. The molecule has 1 aromatic rings. The van der Waals surface area contributed by atoms with Gasteiger partial charge >= 0.3 is 0 Å². The van der Waals surface area contributed by atoms with Gasteiger partial charge < -0.3 is 10.3 Å². The van der Waals surface area contributed by atoms with E-state index in [0.717, 1.165) is 13.0 Å². The Kier molecular flexibility index (Phi) is 5.94. The van der Waals surface area contributed by atoms with Crippen LogP contribution in [-0.4, -0.2) is 27.6 Å². The first-order chi connectivity index (χ1) is 8.88. The number of unbranched alkanes of at least 4 members (excludes halogenated alkanes) is 1. The van der Waals surface area contributed by atoms with Gasteiger partial charge in [-0.1, -0.05) is 25.4 Å². The fourth-order valence-electron chi connectivity index (χ4n) is 1.83. The topological polar surface area (TPSA) is 68.2 Å². The third-order valence-corrected chi connectivity index (χ3v) is 3.40. The molecule has 0 aliphatic heterocycles. The Balaban J connectivity index is 2.70. The van der Waals surface area contributed by atoms with Crippen LogP contribution in [0.5, 0.6) is 0 Å². The molecule has 0 saturated heterocycles. The Bertz CT molecular complexity index is 370. The van der Waals surface area contributed by atoms with Gasteiger partial charge in [-0.05, 0) is 40.2 Å². The van der Waals surface area contributed by atoms with Gasteiger partial charge in [-0.25, -0.2) is 0 Å². The van der Waals surface area contributed by atoms with Crippen LogP contribution in [0, 0.1) is 0 Å². The summed E-state index contributed by atoms with van der Waals surface area (Å²) in [6, 6.07) is 0.521. The van der Waals surface area contributed by atoms with Crippen molar-refractivity contribution in [1.82, 2.24) is 15.0 Å². The van der Waals surface area contributed by atoms with Crippen LogP contribution in [0.25, 0.3) is 0 Å². The second kappa shape index (κ2) is 7.01. The molecular weight excluding hydrogens is 240 g/mol. The van der Waals surface area contributed by atoms with Crippen molar-refractivity contribution < 1.29 is 4.52 Å². The molecule has 1 aromatic heterocycles. The van der Waals surface area contributed by atoms with E-state index in [9.17, 15) is 0 Å². The molecule has 1 heterocycles. The standard InChI is InChI=1S/C14H28N4O/c1-6-8-9-18(11(3)7-2)10-12-16-13(17-19-12)14(4,5)15/h11H,6-10,15H2,1-5H3. The van der Waals surface area contributed by atoms with Crippen LogP contribution in [0.4, 0.5) is 0 Å². The van der Waals surface area contributed by atoms with Gasteiger partial charge in [0.15, 0.2) is 5.82 Å². The molecule has 0 radical (unpaired) electrons. The van der Waals surface area contributed by atoms with E-state index in [1.807, 2.05) is 13.8 Å². The van der Waals surface area contributed by atoms with Gasteiger partial charge in [0.1, 0.15) is 0 Å². The SMILES string of the molecule is CCCCN(Cc1nc(C(C)(C)N)no1)C(C)CC. The highest BCUT2D eigenvalue weighted by atomic mass is 16.5. The van der Waals surface area contributed by atoms with Crippen molar-refractivity contribution >= 4 is 0 Å². The number of hydrogen-bond acceptors (Lipinski definition) is 5. The maximum absolute atomic E-state index is 5.97. The lowest BCUT2D eigenvalue weighted by Gasteiger charge is -2.26. The van der Waals surface area contributed by atoms with Crippen molar-refractivity contribution in [3.63, 3.8) is 0 Å². The summed E-state index contributed by atoms with van der Waals surface area (Å²) in [6.45, 7) is 12.2. The number of nitrogens with zero attached hydrogens (tertiary/aromatic N) is 3. The van der Waals surface area contributed by atoms with Crippen LogP contribution in [0.2, 0.25) is 0 Å². The molecule has 0 aromatic carbocycles. The number of hydrogen-bond donors (Lipinski definition) is 1. The van der Waals surface area contributed by atoms with Crippen molar-refractivity contribution in [2.24, 2.45) is 5.73 Å². The summed E-state index contributed by atoms with van der Waals surface area (Å²) < 4.78 is 5.31. The highest BCUT2D eigenvalue weighted by molar-refractivity contribution is 4.99. The van der Waals surface area contributed by atoms with Crippen LogP contribution in [0.1, 0.15) is 65.6 Å². The maximum atomic E-state index is 5.97. The predicted octanol–water partition coefficient (Wildman–Crippen LogP) is 2.66. The molecule has 19 heavy (non-hydrogen) atoms. The zero-order valence-electron chi connectivity index (χ0n) is 12.9. The minimum Gasteiger partial charge on any atom is -0.338 e. The number of nitrogens with two attached hydrogens (primary N) is 1. The molecule has 110 valence electrons. The zero-order chi connectivity index (χ0) is 14.5. The molecular formula is C14H28N4O. The lowest BCUT2D eigenvalue weighted by molar-refractivity contribution is 0.168. The molecule has 0 spiro atoms. The number of rotatable bonds is 8. The molecule has 0 aliphatic rings. The third kappa shape index (κ3) is 4.91. The normalized spacial score (nSPS) is 14.1. The second-order valence-electron chi connectivity index (χ2n) is 5.81. The first-order valence-corrected chi connectivity index (χ1v) is 7.24. The summed E-state index contributed by atoms with van der Waals surface area (Å²) in [4.78, 5) is 6.79. The van der Waals surface area contributed by atoms with Gasteiger partial charge in [-0.3, -0.25) is 4.90 Å². The average molecular weight is 268 g/mol. The van der Waals surface area contributed by atoms with Crippen LogP contribution < -0.4 is 5.73 Å². The lowest BCUT2D eigenvalue weighted by atomic mass is 10.1. The highest BCUT2D eigenvalue weighted by Gasteiger charge is 2.23. The van der Waals surface area contributed by atoms with E-state index in [1.54, 1.807) is 0 Å². The van der Waals surface area contributed by atoms with Crippen molar-refractivity contribution in [3.8, 4) is 0 Å². The van der Waals surface area contributed by atoms with E-state index in [-0.39, 0.29) is 0 Å². The molecule has 0 amide bonds. The molecule has 1 rings (SSSR count). The first-order valence-electron chi connectivity index (χ1n) is 7.24. The summed E-state index contributed by atoms with van der Waals surface area (Å²) in [5.41, 5.74) is 5.42. The summed E-state index contributed by atoms with van der Waals surface area (Å²) in [6.07, 6.45) is 3.50. The van der Waals surface area contributed by atoms with E-state index in [1.165, 1.54) is 12.8 Å². The molecule has 0 fully saturated rings. The van der Waals surface area contributed by atoms with Gasteiger partial charge in [0, 0.05) is 6.04 Å². The van der Waals surface area contributed by atoms with Gasteiger partial charge in [0.05, 0.1) is 12.1 Å². The summed E-state index contributed by atoms with van der Waals surface area (Å²) >= 11 is 0. The first kappa shape index (κ1) is 16.1. The Morgan fingerprint density at radius 1 is 1.37 bits per heavy atom. The molecule has 0 saturated carbocycles. The third-order valence-electron chi connectivity index (χ3n) is 3.40. The summed E-state index contributed by atoms with van der Waals surface area (Å²) in [5, 5.41) is 3.97. The van der Waals surface area contributed by atoms with Crippen molar-refractivity contribution in [1.29, 1.82) is 0 Å². The van der Waals surface area contributed by atoms with Gasteiger partial charge in [0.2, 0.25) is 5.89 Å². The van der Waals surface area contributed by atoms with E-state index >= 15 is 0 Å². The second-order valence-corrected chi connectivity index (χ2v) is 5.81. The fourth-order valence-corrected chi connectivity index (χ4v) is 1.83. The van der Waals surface area contributed by atoms with Crippen molar-refractivity contribution in [3.05, 3.63) is 11.7 Å². The van der Waals surface area contributed by atoms with Gasteiger partial charge in [-0.2, -0.15) is 4.98 Å². The Morgan fingerprint density at radius 2 is 2.05 bits per heavy atom. The largest absolute Gasteiger partial charge is 0.338 e. The minimum absolute atomic E-state index is 0.521. The molecule has 5 heteroatoms. The van der Waals surface area contributed by atoms with Gasteiger partial charge in [-0.15, -0.1) is 0 Å². The van der Waals surface area contributed by atoms with E-state index in [0.29, 0.717) is 24.3 Å². The van der Waals surface area contributed by atoms with Crippen LogP contribution in [0.3, 0.4) is 0 Å². The molecule has 2 N–H and O–H groups in total. The van der Waals surface area contributed by atoms with E-state index in [4.69, 9.17) is 10.3 Å². The van der Waals surface area contributed by atoms with Crippen LogP contribution >= 0.6 is 0 Å². The quantitative estimate of drug-likeness (QED) is 0.785. The molecule has 0 aliphatic carbocycles. The zero-order valence-corrected chi connectivity index (χ0v) is 12.9. The number of aromatic nitrogens is 2. The Hall–Kier alpha value is -0.940. The van der Waals surface area contributed by atoms with E-state index in [2.05, 4.69) is 35.8 Å². The average Bonchev–Trinajstić information content (AvgIpc) is 2.81. The minimum atomic E-state index is -0.549. The maximum Gasteiger partial charge on any atom is 0.240 e. The van der Waals surface area contributed by atoms with Gasteiger partial charge in [0.25, 0.3) is 0 Å². The van der Waals surface area contributed by atoms with Crippen molar-refractivity contribution in [2.75, 3.05) is 6.54 Å². The lowest BCUT2D eigenvalue weighted by Crippen LogP contribution is -2.33. The van der Waals surface area contributed by atoms with Crippen molar-refractivity contribution in [2.45, 2.75) is 72.0 Å². The predicted molar refractivity (Wildman–Crippen MR) is 76.6 cm³/mol. The molecule has 5 nitrogen and oxygen atoms in total. The highest BCUT2D eigenvalue weighted by Crippen LogP contribution is 2.15. The fraction of sp³-hybridized carbons (Fsp3) is 0.857. The molecule has 1 atom stereocenters. The summed E-state index contributed by atoms with van der Waals surface area (Å²) in [5.74, 6) is 1.23. The van der Waals surface area contributed by atoms with Crippen LogP contribution in [-0.2, 0) is 12.1 Å². The van der Waals surface area contributed by atoms with Crippen LogP contribution in [0.15, 0.2) is 4.52 Å². The Morgan fingerprint density at radius 3 is 2.53 bits per heavy atom. The smallest absolute Gasteiger partial charge is 0.240 e. The monoisotopic (exact) mass is 268 g/mol. The van der Waals surface area contributed by atoms with E-state index < -0.39 is 5.54 Å². The molecule has 0 bridgehead atoms. The molecule has 1 unspecified atom stereocenters.